The summed E-state index contributed by atoms with van der Waals surface area (Å²) in [7, 11) is 0. The molecule has 3 N–H and O–H groups in total. The van der Waals surface area contributed by atoms with E-state index in [0.29, 0.717) is 0 Å². The van der Waals surface area contributed by atoms with Crippen molar-refractivity contribution in [3.05, 3.63) is 33.8 Å². The highest BCUT2D eigenvalue weighted by molar-refractivity contribution is 5.53. The average molecular weight is 319 g/mol. The Morgan fingerprint density at radius 3 is 2.57 bits per heavy atom. The van der Waals surface area contributed by atoms with Crippen molar-refractivity contribution in [2.75, 3.05) is 11.1 Å². The molecule has 1 unspecified atom stereocenters. The van der Waals surface area contributed by atoms with Crippen LogP contribution in [0.1, 0.15) is 45.0 Å². The first-order valence-electron chi connectivity index (χ1n) is 7.19. The Balaban J connectivity index is 2.22. The van der Waals surface area contributed by atoms with Gasteiger partial charge in [0.25, 0.3) is 0 Å². The second-order valence-corrected chi connectivity index (χ2v) is 6.37. The first-order chi connectivity index (χ1) is 10.6. The molecule has 2 aromatic heterocycles. The van der Waals surface area contributed by atoms with Gasteiger partial charge in [-0.15, -0.1) is 0 Å². The van der Waals surface area contributed by atoms with Crippen LogP contribution in [-0.4, -0.2) is 24.7 Å². The van der Waals surface area contributed by atoms with Crippen molar-refractivity contribution in [3.63, 3.8) is 0 Å². The highest BCUT2D eigenvalue weighted by Gasteiger charge is 2.20. The van der Waals surface area contributed by atoms with Gasteiger partial charge in [0.05, 0.1) is 22.2 Å². The van der Waals surface area contributed by atoms with Crippen molar-refractivity contribution in [1.82, 2.24) is 19.7 Å². The molecule has 0 aromatic carbocycles. The third-order valence-corrected chi connectivity index (χ3v) is 3.43. The molecule has 124 valence electrons. The standard InChI is InChI=1S/C14H21N7O2/c1-8(10-7-20(14(3,4)5)19-9(10)2)17-13-16-6-11(21(22)23)12(15)18-13/h6-8H,1-5H3,(H3,15,16,17,18). The number of nitrogen functional groups attached to an aromatic ring is 1. The highest BCUT2D eigenvalue weighted by Crippen LogP contribution is 2.24. The SMILES string of the molecule is Cc1nn(C(C)(C)C)cc1C(C)Nc1ncc([N+](=O)[O-])c(N)n1. The molecule has 0 aliphatic rings. The van der Waals surface area contributed by atoms with Crippen LogP contribution in [0.5, 0.6) is 0 Å². The molecule has 2 rings (SSSR count). The number of nitrogens with zero attached hydrogens (tertiary/aromatic N) is 5. The second-order valence-electron chi connectivity index (χ2n) is 6.37. The predicted molar refractivity (Wildman–Crippen MR) is 87.1 cm³/mol. The van der Waals surface area contributed by atoms with E-state index >= 15 is 0 Å². The van der Waals surface area contributed by atoms with Gasteiger partial charge in [-0.2, -0.15) is 10.1 Å². The largest absolute Gasteiger partial charge is 0.378 e. The maximum absolute atomic E-state index is 10.7. The minimum Gasteiger partial charge on any atom is -0.378 e. The normalized spacial score (nSPS) is 12.9. The van der Waals surface area contributed by atoms with Gasteiger partial charge in [0.2, 0.25) is 11.8 Å². The lowest BCUT2D eigenvalue weighted by atomic mass is 10.1. The molecule has 0 saturated heterocycles. The molecule has 0 aliphatic heterocycles. The van der Waals surface area contributed by atoms with Gasteiger partial charge in [0.1, 0.15) is 6.20 Å². The number of nitrogens with two attached hydrogens (primary N) is 1. The first-order valence-corrected chi connectivity index (χ1v) is 7.19. The summed E-state index contributed by atoms with van der Waals surface area (Å²) in [4.78, 5) is 18.0. The Morgan fingerprint density at radius 1 is 1.43 bits per heavy atom. The predicted octanol–water partition coefficient (Wildman–Crippen LogP) is 2.40. The summed E-state index contributed by atoms with van der Waals surface area (Å²) in [5, 5.41) is 18.3. The molecule has 9 nitrogen and oxygen atoms in total. The van der Waals surface area contributed by atoms with Crippen LogP contribution in [0.25, 0.3) is 0 Å². The lowest BCUT2D eigenvalue weighted by Crippen LogP contribution is -2.22. The number of hydrogen-bond acceptors (Lipinski definition) is 7. The van der Waals surface area contributed by atoms with Crippen LogP contribution in [0.15, 0.2) is 12.4 Å². The fourth-order valence-corrected chi connectivity index (χ4v) is 2.11. The Morgan fingerprint density at radius 2 is 2.09 bits per heavy atom. The van der Waals surface area contributed by atoms with Crippen LogP contribution < -0.4 is 11.1 Å². The minimum atomic E-state index is -0.611. The van der Waals surface area contributed by atoms with Gasteiger partial charge in [-0.3, -0.25) is 14.8 Å². The first kappa shape index (κ1) is 16.7. The molecule has 2 heterocycles. The Labute approximate surface area is 134 Å². The van der Waals surface area contributed by atoms with Crippen LogP contribution in [0, 0.1) is 17.0 Å². The number of aryl methyl sites for hydroxylation is 1. The monoisotopic (exact) mass is 319 g/mol. The summed E-state index contributed by atoms with van der Waals surface area (Å²) in [6, 6.07) is -0.119. The number of anilines is 2. The van der Waals surface area contributed by atoms with Crippen molar-refractivity contribution in [2.45, 2.75) is 46.2 Å². The van der Waals surface area contributed by atoms with Gasteiger partial charge >= 0.3 is 5.69 Å². The third-order valence-electron chi connectivity index (χ3n) is 3.43. The molecule has 0 fully saturated rings. The van der Waals surface area contributed by atoms with Crippen LogP contribution in [0.2, 0.25) is 0 Å². The van der Waals surface area contributed by atoms with Gasteiger partial charge < -0.3 is 11.1 Å². The smallest absolute Gasteiger partial charge is 0.329 e. The fraction of sp³-hybridized carbons (Fsp3) is 0.500. The topological polar surface area (TPSA) is 125 Å². The van der Waals surface area contributed by atoms with Crippen molar-refractivity contribution in [2.24, 2.45) is 0 Å². The maximum Gasteiger partial charge on any atom is 0.329 e. The van der Waals surface area contributed by atoms with E-state index in [1.54, 1.807) is 0 Å². The van der Waals surface area contributed by atoms with Crippen LogP contribution >= 0.6 is 0 Å². The number of nitro groups is 1. The summed E-state index contributed by atoms with van der Waals surface area (Å²) in [6.45, 7) is 10.1. The van der Waals surface area contributed by atoms with Crippen LogP contribution in [0.3, 0.4) is 0 Å². The van der Waals surface area contributed by atoms with E-state index in [-0.39, 0.29) is 29.0 Å². The summed E-state index contributed by atoms with van der Waals surface area (Å²) < 4.78 is 1.90. The van der Waals surface area contributed by atoms with E-state index < -0.39 is 4.92 Å². The van der Waals surface area contributed by atoms with Crippen molar-refractivity contribution < 1.29 is 4.92 Å². The van der Waals surface area contributed by atoms with E-state index in [0.717, 1.165) is 17.5 Å². The lowest BCUT2D eigenvalue weighted by molar-refractivity contribution is -0.384. The molecule has 0 saturated carbocycles. The summed E-state index contributed by atoms with van der Waals surface area (Å²) in [5.41, 5.74) is 7.06. The number of rotatable bonds is 4. The summed E-state index contributed by atoms with van der Waals surface area (Å²) >= 11 is 0. The molecule has 2 aromatic rings. The highest BCUT2D eigenvalue weighted by atomic mass is 16.6. The molecule has 0 radical (unpaired) electrons. The average Bonchev–Trinajstić information content (AvgIpc) is 2.80. The molecular formula is C14H21N7O2. The molecule has 23 heavy (non-hydrogen) atoms. The van der Waals surface area contributed by atoms with Gasteiger partial charge in [-0.25, -0.2) is 4.98 Å². The third kappa shape index (κ3) is 3.55. The molecule has 0 aliphatic carbocycles. The number of hydrogen-bond donors (Lipinski definition) is 2. The molecule has 9 heteroatoms. The molecular weight excluding hydrogens is 298 g/mol. The molecule has 0 bridgehead atoms. The zero-order valence-electron chi connectivity index (χ0n) is 13.9. The Hall–Kier alpha value is -2.71. The Bertz CT molecular complexity index is 733. The molecule has 1 atom stereocenters. The fourth-order valence-electron chi connectivity index (χ4n) is 2.11. The van der Waals surface area contributed by atoms with Crippen molar-refractivity contribution in [3.8, 4) is 0 Å². The van der Waals surface area contributed by atoms with E-state index in [4.69, 9.17) is 5.73 Å². The zero-order chi connectivity index (χ0) is 17.4. The number of aromatic nitrogens is 4. The van der Waals surface area contributed by atoms with Gasteiger partial charge in [-0.1, -0.05) is 0 Å². The van der Waals surface area contributed by atoms with Crippen LogP contribution in [-0.2, 0) is 5.54 Å². The quantitative estimate of drug-likeness (QED) is 0.654. The second kappa shape index (κ2) is 5.82. The van der Waals surface area contributed by atoms with Gasteiger partial charge in [0, 0.05) is 11.8 Å². The van der Waals surface area contributed by atoms with E-state index in [2.05, 4.69) is 41.2 Å². The van der Waals surface area contributed by atoms with Crippen LogP contribution in [0.4, 0.5) is 17.5 Å². The summed E-state index contributed by atoms with van der Waals surface area (Å²) in [5.74, 6) is 0.0744. The maximum atomic E-state index is 10.7. The number of nitrogens with one attached hydrogen (secondary N) is 1. The Kier molecular flexibility index (Phi) is 4.22. The van der Waals surface area contributed by atoms with E-state index in [1.165, 1.54) is 0 Å². The van der Waals surface area contributed by atoms with Crippen molar-refractivity contribution >= 4 is 17.5 Å². The summed E-state index contributed by atoms with van der Waals surface area (Å²) in [6.07, 6.45) is 3.07. The zero-order valence-corrected chi connectivity index (χ0v) is 13.9. The minimum absolute atomic E-state index is 0.114. The van der Waals surface area contributed by atoms with E-state index in [9.17, 15) is 10.1 Å². The van der Waals surface area contributed by atoms with E-state index in [1.807, 2.05) is 24.7 Å². The lowest BCUT2D eigenvalue weighted by Gasteiger charge is -2.19. The van der Waals surface area contributed by atoms with Crippen molar-refractivity contribution in [1.29, 1.82) is 0 Å². The molecule has 0 spiro atoms. The van der Waals surface area contributed by atoms with Gasteiger partial charge in [0.15, 0.2) is 0 Å². The molecule has 0 amide bonds. The van der Waals surface area contributed by atoms with Gasteiger partial charge in [-0.05, 0) is 34.6 Å².